The molecule has 6 nitrogen and oxygen atoms in total. The molecule has 0 unspecified atom stereocenters. The number of hydrazone groups is 1. The van der Waals surface area contributed by atoms with Gasteiger partial charge in [0.05, 0.1) is 22.5 Å². The van der Waals surface area contributed by atoms with Crippen LogP contribution in [0.3, 0.4) is 0 Å². The molecule has 45 heavy (non-hydrogen) atoms. The number of hydrogen-bond donors (Lipinski definition) is 1. The third-order valence-corrected chi connectivity index (χ3v) is 13.1. The maximum absolute atomic E-state index is 14.3. The molecule has 0 aliphatic rings. The van der Waals surface area contributed by atoms with Crippen LogP contribution >= 0.6 is 18.5 Å². The minimum Gasteiger partial charge on any atom is -0.463 e. The highest BCUT2D eigenvalue weighted by molar-refractivity contribution is 7.96. The molecule has 0 radical (unpaired) electrons. The molecule has 0 bridgehead atoms. The summed E-state index contributed by atoms with van der Waals surface area (Å²) in [4.78, 5) is 16.8. The Morgan fingerprint density at radius 1 is 0.711 bits per heavy atom. The molecule has 0 saturated heterocycles. The number of sulfonamides is 1. The number of benzene rings is 5. The van der Waals surface area contributed by atoms with Gasteiger partial charge in [-0.25, -0.2) is 4.79 Å². The molecule has 0 spiro atoms. The van der Waals surface area contributed by atoms with Gasteiger partial charge in [0, 0.05) is 11.4 Å². The van der Waals surface area contributed by atoms with E-state index in [0.29, 0.717) is 21.6 Å². The molecule has 5 aromatic rings. The maximum atomic E-state index is 14.3. The fraction of sp³-hybridized carbons (Fsp3) is 0.0833. The van der Waals surface area contributed by atoms with Crippen LogP contribution in [0.2, 0.25) is 5.02 Å². The normalized spacial score (nSPS) is 11.9. The minimum atomic E-state index is -4.01. The van der Waals surface area contributed by atoms with Gasteiger partial charge in [-0.1, -0.05) is 133 Å². The molecule has 0 aromatic heterocycles. The Hall–Kier alpha value is -4.42. The third-order valence-electron chi connectivity index (χ3n) is 7.21. The molecule has 5 rings (SSSR count). The standard InChI is InChI=1S/C36H32ClN2O4PS/c1-2-43-36(40)35(27-34(28-23-25-29(37)26-24-28)38-39-45(41,42)33-21-13-6-14-22-33)44(30-15-7-3-8-16-30,31-17-9-4-10-18-31)32-19-11-5-12-20-32/h3-26,39H,2,27H2,1H3/b38-34-. The summed E-state index contributed by atoms with van der Waals surface area (Å²) in [5.41, 5.74) is 0.936. The van der Waals surface area contributed by atoms with E-state index in [1.807, 2.05) is 91.0 Å². The molecule has 0 aliphatic carbocycles. The van der Waals surface area contributed by atoms with Crippen molar-refractivity contribution >= 4 is 61.4 Å². The summed E-state index contributed by atoms with van der Waals surface area (Å²) in [6.07, 6.45) is -0.00969. The number of ether oxygens (including phenoxy) is 1. The predicted molar refractivity (Wildman–Crippen MR) is 186 cm³/mol. The Morgan fingerprint density at radius 3 is 1.60 bits per heavy atom. The summed E-state index contributed by atoms with van der Waals surface area (Å²) in [5.74, 6) is -0.477. The van der Waals surface area contributed by atoms with E-state index in [4.69, 9.17) is 16.3 Å². The molecule has 0 fully saturated rings. The van der Waals surface area contributed by atoms with Crippen molar-refractivity contribution in [3.63, 3.8) is 0 Å². The molecule has 1 N–H and O–H groups in total. The second-order valence-corrected chi connectivity index (χ2v) is 15.5. The van der Waals surface area contributed by atoms with E-state index >= 15 is 0 Å². The lowest BCUT2D eigenvalue weighted by molar-refractivity contribution is -0.134. The molecule has 0 aliphatic heterocycles. The first-order valence-electron chi connectivity index (χ1n) is 14.3. The summed E-state index contributed by atoms with van der Waals surface area (Å²) in [6, 6.07) is 44.7. The van der Waals surface area contributed by atoms with Gasteiger partial charge in [0.15, 0.2) is 0 Å². The average Bonchev–Trinajstić information content (AvgIpc) is 3.08. The minimum absolute atomic E-state index is 0.00969. The number of nitrogens with zero attached hydrogens (tertiary/aromatic N) is 1. The van der Waals surface area contributed by atoms with E-state index in [1.54, 1.807) is 49.4 Å². The van der Waals surface area contributed by atoms with Crippen molar-refractivity contribution in [2.75, 3.05) is 6.61 Å². The molecule has 9 heteroatoms. The van der Waals surface area contributed by atoms with Crippen LogP contribution < -0.4 is 20.7 Å². The average molecular weight is 655 g/mol. The molecule has 5 aromatic carbocycles. The first-order valence-corrected chi connectivity index (χ1v) is 18.0. The van der Waals surface area contributed by atoms with Crippen LogP contribution in [0.4, 0.5) is 0 Å². The maximum Gasteiger partial charge on any atom is 0.335 e. The highest BCUT2D eigenvalue weighted by atomic mass is 35.5. The highest BCUT2D eigenvalue weighted by Crippen LogP contribution is 2.47. The van der Waals surface area contributed by atoms with E-state index in [-0.39, 0.29) is 17.9 Å². The van der Waals surface area contributed by atoms with Crippen LogP contribution in [-0.4, -0.2) is 32.0 Å². The van der Waals surface area contributed by atoms with Crippen molar-refractivity contribution in [3.05, 3.63) is 156 Å². The zero-order valence-electron chi connectivity index (χ0n) is 24.6. The Kier molecular flexibility index (Phi) is 10.4. The van der Waals surface area contributed by atoms with Gasteiger partial charge in [-0.05, 0) is 59.6 Å². The molecular weight excluding hydrogens is 623 g/mol. The predicted octanol–water partition coefficient (Wildman–Crippen LogP) is 6.14. The molecule has 0 atom stereocenters. The second kappa shape index (κ2) is 14.6. The van der Waals surface area contributed by atoms with E-state index in [2.05, 4.69) is 9.93 Å². The van der Waals surface area contributed by atoms with Gasteiger partial charge in [-0.2, -0.15) is 18.4 Å². The molecule has 228 valence electrons. The van der Waals surface area contributed by atoms with E-state index in [9.17, 15) is 13.2 Å². The number of carbonyl (C=O) groups is 1. The first kappa shape index (κ1) is 32.0. The van der Waals surface area contributed by atoms with Gasteiger partial charge >= 0.3 is 5.97 Å². The molecule has 0 amide bonds. The Bertz CT molecular complexity index is 1830. The zero-order chi connectivity index (χ0) is 31.7. The summed E-state index contributed by atoms with van der Waals surface area (Å²) in [6.45, 7) is -0.967. The molecular formula is C36H32ClN2O4PS. The summed E-state index contributed by atoms with van der Waals surface area (Å²) >= 11 is 6.23. The number of nitrogens with one attached hydrogen (secondary N) is 1. The van der Waals surface area contributed by atoms with Crippen LogP contribution in [0.15, 0.2) is 156 Å². The lowest BCUT2D eigenvalue weighted by atomic mass is 10.1. The quantitative estimate of drug-likeness (QED) is 0.0803. The monoisotopic (exact) mass is 654 g/mol. The zero-order valence-corrected chi connectivity index (χ0v) is 27.1. The van der Waals surface area contributed by atoms with E-state index < -0.39 is 22.9 Å². The van der Waals surface area contributed by atoms with Crippen LogP contribution in [0.5, 0.6) is 0 Å². The summed E-state index contributed by atoms with van der Waals surface area (Å²) < 4.78 is 32.3. The van der Waals surface area contributed by atoms with Gasteiger partial charge in [-0.3, -0.25) is 0 Å². The van der Waals surface area contributed by atoms with Crippen molar-refractivity contribution in [3.8, 4) is 0 Å². The lowest BCUT2D eigenvalue weighted by Crippen LogP contribution is -2.36. The van der Waals surface area contributed by atoms with Crippen LogP contribution in [-0.2, 0) is 19.6 Å². The molecule has 0 heterocycles. The van der Waals surface area contributed by atoms with Crippen molar-refractivity contribution in [1.82, 2.24) is 4.83 Å². The summed E-state index contributed by atoms with van der Waals surface area (Å²) in [7, 11) is -4.01. The molecule has 0 saturated carbocycles. The Balaban J connectivity index is 1.85. The number of carbonyl (C=O) groups excluding carboxylic acids is 1. The fourth-order valence-corrected chi connectivity index (χ4v) is 10.6. The number of halogens is 1. The van der Waals surface area contributed by atoms with Crippen molar-refractivity contribution in [2.24, 2.45) is 5.10 Å². The number of hydrogen-bond acceptors (Lipinski definition) is 5. The first-order chi connectivity index (χ1) is 21.9. The van der Waals surface area contributed by atoms with Gasteiger partial charge in [0.25, 0.3) is 10.0 Å². The smallest absolute Gasteiger partial charge is 0.335 e. The lowest BCUT2D eigenvalue weighted by Gasteiger charge is -2.32. The highest BCUT2D eigenvalue weighted by Gasteiger charge is 2.34. The van der Waals surface area contributed by atoms with Gasteiger partial charge in [0.1, 0.15) is 0 Å². The van der Waals surface area contributed by atoms with E-state index in [0.717, 1.165) is 15.9 Å². The number of esters is 1. The van der Waals surface area contributed by atoms with Gasteiger partial charge < -0.3 is 4.74 Å². The van der Waals surface area contributed by atoms with Gasteiger partial charge in [0.2, 0.25) is 0 Å². The van der Waals surface area contributed by atoms with Gasteiger partial charge in [-0.15, -0.1) is 0 Å². The SMILES string of the molecule is CCOC(=O)C(C/C(=N/NS(=O)(=O)c1ccccc1)c1ccc(Cl)cc1)=P(c1ccccc1)(c1ccccc1)c1ccccc1. The van der Waals surface area contributed by atoms with E-state index in [1.165, 1.54) is 12.1 Å². The second-order valence-electron chi connectivity index (χ2n) is 9.99. The van der Waals surface area contributed by atoms with Crippen molar-refractivity contribution in [1.29, 1.82) is 0 Å². The fourth-order valence-electron chi connectivity index (χ4n) is 5.19. The van der Waals surface area contributed by atoms with Crippen LogP contribution in [0.1, 0.15) is 18.9 Å². The Labute approximate surface area is 269 Å². The number of rotatable bonds is 11. The topological polar surface area (TPSA) is 84.8 Å². The Morgan fingerprint density at radius 2 is 1.16 bits per heavy atom. The van der Waals surface area contributed by atoms with Crippen LogP contribution in [0.25, 0.3) is 0 Å². The third kappa shape index (κ3) is 7.12. The largest absolute Gasteiger partial charge is 0.463 e. The van der Waals surface area contributed by atoms with Crippen LogP contribution in [0, 0.1) is 0 Å². The van der Waals surface area contributed by atoms with Crippen molar-refractivity contribution in [2.45, 2.75) is 18.2 Å². The summed E-state index contributed by atoms with van der Waals surface area (Å²) in [5, 5.41) is 8.31. The van der Waals surface area contributed by atoms with Crippen molar-refractivity contribution < 1.29 is 17.9 Å².